The Hall–Kier alpha value is -3.05. The third kappa shape index (κ3) is 4.55. The number of hydrogen-bond donors (Lipinski definition) is 2. The van der Waals surface area contributed by atoms with E-state index >= 15 is 0 Å². The monoisotopic (exact) mass is 479 g/mol. The third-order valence-electron chi connectivity index (χ3n) is 5.77. The molecule has 2 aromatic carbocycles. The largest absolute Gasteiger partial charge is 0.479 e. The van der Waals surface area contributed by atoms with Crippen molar-refractivity contribution in [2.24, 2.45) is 5.92 Å². The van der Waals surface area contributed by atoms with Crippen molar-refractivity contribution in [1.29, 1.82) is 0 Å². The van der Waals surface area contributed by atoms with E-state index in [0.29, 0.717) is 30.2 Å². The van der Waals surface area contributed by atoms with Crippen molar-refractivity contribution in [2.75, 3.05) is 23.7 Å². The molecule has 11 heteroatoms. The highest BCUT2D eigenvalue weighted by Crippen LogP contribution is 2.36. The Balaban J connectivity index is 1.54. The molecule has 0 unspecified atom stereocenters. The first kappa shape index (κ1) is 23.1. The molecular weight excluding hydrogens is 456 g/mol. The summed E-state index contributed by atoms with van der Waals surface area (Å²) in [6, 6.07) is 5.74. The standard InChI is InChI=1S/C22H23F2N3O5S/c1-12-8-18-19(32-13(2)21(28)26-18)10-20(12)33(30,31)27-7-3-4-14(11-27)22(29)25-17-6-5-15(23)9-16(17)24/h5-6,8-10,13-14H,3-4,7,11H2,1-2H3,(H,25,29)(H,26,28)/t13-,14-/m1/s1. The Morgan fingerprint density at radius 2 is 2.00 bits per heavy atom. The molecule has 2 N–H and O–H groups in total. The average molecular weight is 480 g/mol. The lowest BCUT2D eigenvalue weighted by Crippen LogP contribution is -2.44. The maximum absolute atomic E-state index is 13.9. The van der Waals surface area contributed by atoms with Crippen molar-refractivity contribution in [2.45, 2.75) is 37.7 Å². The molecule has 0 aromatic heterocycles. The molecule has 0 saturated carbocycles. The van der Waals surface area contributed by atoms with Gasteiger partial charge in [0.2, 0.25) is 15.9 Å². The lowest BCUT2D eigenvalue weighted by atomic mass is 9.98. The van der Waals surface area contributed by atoms with E-state index in [1.54, 1.807) is 13.8 Å². The van der Waals surface area contributed by atoms with Gasteiger partial charge in [0, 0.05) is 25.2 Å². The first-order chi connectivity index (χ1) is 15.6. The van der Waals surface area contributed by atoms with Gasteiger partial charge in [-0.05, 0) is 50.5 Å². The van der Waals surface area contributed by atoms with Gasteiger partial charge in [0.15, 0.2) is 6.10 Å². The molecule has 2 aliphatic heterocycles. The van der Waals surface area contributed by atoms with Gasteiger partial charge >= 0.3 is 0 Å². The number of ether oxygens (including phenoxy) is 1. The van der Waals surface area contributed by atoms with Crippen LogP contribution in [0.25, 0.3) is 0 Å². The summed E-state index contributed by atoms with van der Waals surface area (Å²) in [5.41, 5.74) is 0.652. The lowest BCUT2D eigenvalue weighted by molar-refractivity contribution is -0.123. The van der Waals surface area contributed by atoms with E-state index in [9.17, 15) is 26.8 Å². The van der Waals surface area contributed by atoms with Crippen molar-refractivity contribution in [1.82, 2.24) is 4.31 Å². The molecule has 0 radical (unpaired) electrons. The summed E-state index contributed by atoms with van der Waals surface area (Å²) in [4.78, 5) is 24.5. The Kier molecular flexibility index (Phi) is 6.10. The van der Waals surface area contributed by atoms with Crippen molar-refractivity contribution in [3.8, 4) is 5.75 Å². The lowest BCUT2D eigenvalue weighted by Gasteiger charge is -2.32. The zero-order valence-corrected chi connectivity index (χ0v) is 18.8. The average Bonchev–Trinajstić information content (AvgIpc) is 2.76. The van der Waals surface area contributed by atoms with Gasteiger partial charge < -0.3 is 15.4 Å². The number of carbonyl (C=O) groups is 2. The molecule has 2 heterocycles. The van der Waals surface area contributed by atoms with Crippen LogP contribution in [0.4, 0.5) is 20.2 Å². The molecule has 0 aliphatic carbocycles. The molecule has 2 amide bonds. The highest BCUT2D eigenvalue weighted by atomic mass is 32.2. The third-order valence-corrected chi connectivity index (χ3v) is 7.78. The number of halogens is 2. The molecule has 0 spiro atoms. The molecule has 1 fully saturated rings. The number of carbonyl (C=O) groups excluding carboxylic acids is 2. The van der Waals surface area contributed by atoms with Crippen LogP contribution in [0.15, 0.2) is 35.2 Å². The minimum atomic E-state index is -3.97. The van der Waals surface area contributed by atoms with E-state index < -0.39 is 39.6 Å². The second kappa shape index (κ2) is 8.71. The SMILES string of the molecule is Cc1cc2c(cc1S(=O)(=O)N1CCC[C@@H](C(=O)Nc3ccc(F)cc3F)C1)O[C@H](C)C(=O)N2. The number of anilines is 2. The van der Waals surface area contributed by atoms with Crippen molar-refractivity contribution in [3.63, 3.8) is 0 Å². The molecule has 2 aromatic rings. The normalized spacial score (nSPS) is 21.0. The fraction of sp³-hybridized carbons (Fsp3) is 0.364. The van der Waals surface area contributed by atoms with Gasteiger partial charge in [-0.3, -0.25) is 9.59 Å². The number of fused-ring (bicyclic) bond motifs is 1. The van der Waals surface area contributed by atoms with Gasteiger partial charge in [-0.1, -0.05) is 0 Å². The second-order valence-corrected chi connectivity index (χ2v) is 10.1. The molecule has 33 heavy (non-hydrogen) atoms. The second-order valence-electron chi connectivity index (χ2n) is 8.18. The molecule has 0 bridgehead atoms. The summed E-state index contributed by atoms with van der Waals surface area (Å²) < 4.78 is 60.6. The van der Waals surface area contributed by atoms with Gasteiger partial charge in [-0.25, -0.2) is 17.2 Å². The minimum Gasteiger partial charge on any atom is -0.479 e. The Morgan fingerprint density at radius 1 is 1.24 bits per heavy atom. The van der Waals surface area contributed by atoms with Gasteiger partial charge in [0.25, 0.3) is 5.91 Å². The van der Waals surface area contributed by atoms with Crippen LogP contribution in [0.5, 0.6) is 5.75 Å². The number of benzene rings is 2. The van der Waals surface area contributed by atoms with Gasteiger partial charge in [-0.15, -0.1) is 0 Å². The maximum Gasteiger partial charge on any atom is 0.265 e. The number of amides is 2. The van der Waals surface area contributed by atoms with E-state index in [2.05, 4.69) is 10.6 Å². The predicted octanol–water partition coefficient (Wildman–Crippen LogP) is 3.03. The van der Waals surface area contributed by atoms with E-state index in [0.717, 1.165) is 12.1 Å². The maximum atomic E-state index is 13.9. The molecular formula is C22H23F2N3O5S. The van der Waals surface area contributed by atoms with Gasteiger partial charge in [-0.2, -0.15) is 4.31 Å². The van der Waals surface area contributed by atoms with Crippen molar-refractivity contribution in [3.05, 3.63) is 47.5 Å². The molecule has 2 atom stereocenters. The Bertz CT molecular complexity index is 1230. The number of nitrogens with one attached hydrogen (secondary N) is 2. The summed E-state index contributed by atoms with van der Waals surface area (Å²) in [6.07, 6.45) is 0.110. The highest BCUT2D eigenvalue weighted by Gasteiger charge is 2.35. The fourth-order valence-electron chi connectivity index (χ4n) is 3.96. The predicted molar refractivity (Wildman–Crippen MR) is 116 cm³/mol. The molecule has 2 aliphatic rings. The zero-order chi connectivity index (χ0) is 23.9. The first-order valence-electron chi connectivity index (χ1n) is 10.4. The smallest absolute Gasteiger partial charge is 0.265 e. The van der Waals surface area contributed by atoms with Gasteiger partial charge in [0.05, 0.1) is 22.2 Å². The van der Waals surface area contributed by atoms with E-state index in [4.69, 9.17) is 4.74 Å². The first-order valence-corrected chi connectivity index (χ1v) is 11.9. The van der Waals surface area contributed by atoms with Crippen LogP contribution >= 0.6 is 0 Å². The van der Waals surface area contributed by atoms with Gasteiger partial charge in [0.1, 0.15) is 17.4 Å². The number of aryl methyl sites for hydroxylation is 1. The molecule has 4 rings (SSSR count). The number of piperidine rings is 1. The number of sulfonamides is 1. The quantitative estimate of drug-likeness (QED) is 0.702. The van der Waals surface area contributed by atoms with Crippen LogP contribution in [0.3, 0.4) is 0 Å². The topological polar surface area (TPSA) is 105 Å². The number of nitrogens with zero attached hydrogens (tertiary/aromatic N) is 1. The minimum absolute atomic E-state index is 0.0234. The van der Waals surface area contributed by atoms with Crippen LogP contribution < -0.4 is 15.4 Å². The summed E-state index contributed by atoms with van der Waals surface area (Å²) in [7, 11) is -3.97. The molecule has 176 valence electrons. The summed E-state index contributed by atoms with van der Waals surface area (Å²) in [5.74, 6) is -2.98. The summed E-state index contributed by atoms with van der Waals surface area (Å²) >= 11 is 0. The van der Waals surface area contributed by atoms with E-state index in [1.807, 2.05) is 0 Å². The summed E-state index contributed by atoms with van der Waals surface area (Å²) in [5, 5.41) is 5.10. The Morgan fingerprint density at radius 3 is 2.73 bits per heavy atom. The van der Waals surface area contributed by atoms with E-state index in [-0.39, 0.29) is 35.3 Å². The Labute approximate surface area is 190 Å². The number of rotatable bonds is 4. The van der Waals surface area contributed by atoms with Crippen LogP contribution in [0.2, 0.25) is 0 Å². The van der Waals surface area contributed by atoms with Crippen LogP contribution in [0, 0.1) is 24.5 Å². The molecule has 8 nitrogen and oxygen atoms in total. The van der Waals surface area contributed by atoms with Crippen LogP contribution in [-0.2, 0) is 19.6 Å². The highest BCUT2D eigenvalue weighted by molar-refractivity contribution is 7.89. The summed E-state index contributed by atoms with van der Waals surface area (Å²) in [6.45, 7) is 3.32. The molecule has 1 saturated heterocycles. The zero-order valence-electron chi connectivity index (χ0n) is 18.0. The van der Waals surface area contributed by atoms with Crippen LogP contribution in [-0.4, -0.2) is 43.7 Å². The van der Waals surface area contributed by atoms with E-state index in [1.165, 1.54) is 16.4 Å². The van der Waals surface area contributed by atoms with Crippen molar-refractivity contribution < 1.29 is 31.5 Å². The van der Waals surface area contributed by atoms with Crippen molar-refractivity contribution >= 4 is 33.2 Å². The fourth-order valence-corrected chi connectivity index (χ4v) is 5.71. The van der Waals surface area contributed by atoms with Crippen LogP contribution in [0.1, 0.15) is 25.3 Å². The number of hydrogen-bond acceptors (Lipinski definition) is 5.